The standard InChI is InChI=1S/C14H20N2O7S2/c1-3-24(19,20)15-10-6-7-13(12(9-10)23-2)25(21,22)16-8-4-5-11(16)14(17)18/h6-7,9,11,15H,3-5,8H2,1-2H3,(H,17,18)/t11-/m1/s1. The van der Waals surface area contributed by atoms with Crippen LogP contribution < -0.4 is 9.46 Å². The van der Waals surface area contributed by atoms with Gasteiger partial charge in [-0.15, -0.1) is 0 Å². The number of hydrogen-bond acceptors (Lipinski definition) is 6. The zero-order valence-corrected chi connectivity index (χ0v) is 15.4. The van der Waals surface area contributed by atoms with Crippen molar-refractivity contribution in [2.24, 2.45) is 0 Å². The smallest absolute Gasteiger partial charge is 0.322 e. The summed E-state index contributed by atoms with van der Waals surface area (Å²) in [5.74, 6) is -1.40. The van der Waals surface area contributed by atoms with Crippen molar-refractivity contribution >= 4 is 31.7 Å². The van der Waals surface area contributed by atoms with Gasteiger partial charge in [0.05, 0.1) is 18.6 Å². The van der Waals surface area contributed by atoms with Crippen molar-refractivity contribution in [2.45, 2.75) is 30.7 Å². The molecule has 0 amide bonds. The monoisotopic (exact) mass is 392 g/mol. The highest BCUT2D eigenvalue weighted by Gasteiger charge is 2.40. The number of carboxylic acids is 1. The Kier molecular flexibility index (Phi) is 5.59. The summed E-state index contributed by atoms with van der Waals surface area (Å²) in [7, 11) is -6.36. The Bertz CT molecular complexity index is 865. The van der Waals surface area contributed by atoms with Crippen molar-refractivity contribution < 1.29 is 31.5 Å². The van der Waals surface area contributed by atoms with Crippen LogP contribution in [-0.2, 0) is 24.8 Å². The number of nitrogens with one attached hydrogen (secondary N) is 1. The fraction of sp³-hybridized carbons (Fsp3) is 0.500. The Morgan fingerprint density at radius 2 is 2.04 bits per heavy atom. The molecule has 1 fully saturated rings. The van der Waals surface area contributed by atoms with Gasteiger partial charge < -0.3 is 9.84 Å². The lowest BCUT2D eigenvalue weighted by Gasteiger charge is -2.22. The predicted octanol–water partition coefficient (Wildman–Crippen LogP) is 0.695. The van der Waals surface area contributed by atoms with Crippen LogP contribution in [0, 0.1) is 0 Å². The van der Waals surface area contributed by atoms with Crippen LogP contribution >= 0.6 is 0 Å². The van der Waals surface area contributed by atoms with Crippen LogP contribution in [0.3, 0.4) is 0 Å². The maximum atomic E-state index is 12.8. The van der Waals surface area contributed by atoms with Gasteiger partial charge in [0, 0.05) is 12.6 Å². The highest BCUT2D eigenvalue weighted by atomic mass is 32.2. The normalized spacial score (nSPS) is 18.9. The maximum Gasteiger partial charge on any atom is 0.322 e. The molecule has 1 aliphatic rings. The summed E-state index contributed by atoms with van der Waals surface area (Å²) < 4.78 is 57.2. The minimum atomic E-state index is -4.09. The number of ether oxygens (including phenoxy) is 1. The molecule has 1 atom stereocenters. The minimum Gasteiger partial charge on any atom is -0.495 e. The van der Waals surface area contributed by atoms with Gasteiger partial charge in [-0.05, 0) is 31.9 Å². The number of rotatable bonds is 7. The van der Waals surface area contributed by atoms with Crippen molar-refractivity contribution in [3.8, 4) is 5.75 Å². The van der Waals surface area contributed by atoms with E-state index in [9.17, 15) is 26.7 Å². The molecule has 25 heavy (non-hydrogen) atoms. The van der Waals surface area contributed by atoms with Crippen LogP contribution in [0.25, 0.3) is 0 Å². The molecule has 0 saturated carbocycles. The number of benzene rings is 1. The van der Waals surface area contributed by atoms with Crippen molar-refractivity contribution in [2.75, 3.05) is 24.1 Å². The van der Waals surface area contributed by atoms with E-state index in [0.717, 1.165) is 4.31 Å². The second-order valence-corrected chi connectivity index (χ2v) is 9.35. The number of methoxy groups -OCH3 is 1. The Labute approximate surface area is 146 Å². The number of carboxylic acid groups (broad SMARTS) is 1. The summed E-state index contributed by atoms with van der Waals surface area (Å²) in [5.41, 5.74) is 0.161. The number of sulfonamides is 2. The number of nitrogens with zero attached hydrogens (tertiary/aromatic N) is 1. The molecule has 0 aromatic heterocycles. The van der Waals surface area contributed by atoms with Crippen LogP contribution in [0.2, 0.25) is 0 Å². The largest absolute Gasteiger partial charge is 0.495 e. The van der Waals surface area contributed by atoms with Gasteiger partial charge in [-0.3, -0.25) is 9.52 Å². The molecule has 0 aliphatic carbocycles. The van der Waals surface area contributed by atoms with Crippen molar-refractivity contribution in [1.82, 2.24) is 4.31 Å². The lowest BCUT2D eigenvalue weighted by atomic mass is 10.2. The Morgan fingerprint density at radius 1 is 1.36 bits per heavy atom. The van der Waals surface area contributed by atoms with Crippen LogP contribution in [-0.4, -0.2) is 57.7 Å². The molecule has 140 valence electrons. The van der Waals surface area contributed by atoms with Gasteiger partial charge in [-0.1, -0.05) is 0 Å². The fourth-order valence-electron chi connectivity index (χ4n) is 2.60. The van der Waals surface area contributed by atoms with Gasteiger partial charge in [-0.25, -0.2) is 16.8 Å². The number of aliphatic carboxylic acids is 1. The molecule has 1 saturated heterocycles. The van der Waals surface area contributed by atoms with Gasteiger partial charge in [-0.2, -0.15) is 4.31 Å². The first-order chi connectivity index (χ1) is 11.6. The van der Waals surface area contributed by atoms with Gasteiger partial charge >= 0.3 is 5.97 Å². The van der Waals surface area contributed by atoms with Crippen LogP contribution in [0.15, 0.2) is 23.1 Å². The molecular weight excluding hydrogens is 372 g/mol. The van der Waals surface area contributed by atoms with Crippen molar-refractivity contribution in [3.05, 3.63) is 18.2 Å². The zero-order chi connectivity index (χ0) is 18.8. The maximum absolute atomic E-state index is 12.8. The highest BCUT2D eigenvalue weighted by molar-refractivity contribution is 7.92. The van der Waals surface area contributed by atoms with Crippen molar-refractivity contribution in [1.29, 1.82) is 0 Å². The summed E-state index contributed by atoms with van der Waals surface area (Å²) in [6, 6.07) is 2.65. The van der Waals surface area contributed by atoms with E-state index in [-0.39, 0.29) is 35.1 Å². The van der Waals surface area contributed by atoms with Crippen molar-refractivity contribution in [3.63, 3.8) is 0 Å². The molecule has 9 nitrogen and oxygen atoms in total. The molecule has 1 aromatic rings. The van der Waals surface area contributed by atoms with Crippen LogP contribution in [0.5, 0.6) is 5.75 Å². The van der Waals surface area contributed by atoms with E-state index in [1.807, 2.05) is 0 Å². The average molecular weight is 392 g/mol. The lowest BCUT2D eigenvalue weighted by molar-refractivity contribution is -0.140. The Hall–Kier alpha value is -1.85. The van der Waals surface area contributed by atoms with E-state index in [2.05, 4.69) is 4.72 Å². The predicted molar refractivity (Wildman–Crippen MR) is 90.6 cm³/mol. The molecule has 11 heteroatoms. The third-order valence-corrected chi connectivity index (χ3v) is 7.15. The van der Waals surface area contributed by atoms with E-state index in [4.69, 9.17) is 4.74 Å². The van der Waals surface area contributed by atoms with Gasteiger partial charge in [0.25, 0.3) is 0 Å². The summed E-state index contributed by atoms with van der Waals surface area (Å²) in [6.45, 7) is 1.57. The molecule has 1 aliphatic heterocycles. The first-order valence-corrected chi connectivity index (χ1v) is 10.6. The number of carbonyl (C=O) groups is 1. The molecular formula is C14H20N2O7S2. The third-order valence-electron chi connectivity index (χ3n) is 3.89. The molecule has 2 N–H and O–H groups in total. The van der Waals surface area contributed by atoms with E-state index >= 15 is 0 Å². The quantitative estimate of drug-likeness (QED) is 0.698. The Balaban J connectivity index is 2.43. The van der Waals surface area contributed by atoms with Gasteiger partial charge in [0.15, 0.2) is 0 Å². The zero-order valence-electron chi connectivity index (χ0n) is 13.8. The topological polar surface area (TPSA) is 130 Å². The Morgan fingerprint density at radius 3 is 2.60 bits per heavy atom. The van der Waals surface area contributed by atoms with E-state index in [1.165, 1.54) is 32.2 Å². The van der Waals surface area contributed by atoms with Gasteiger partial charge in [0.2, 0.25) is 20.0 Å². The SMILES string of the molecule is CCS(=O)(=O)Nc1ccc(S(=O)(=O)N2CCC[C@@H]2C(=O)O)c(OC)c1. The molecule has 0 spiro atoms. The fourth-order valence-corrected chi connectivity index (χ4v) is 5.02. The molecule has 1 heterocycles. The lowest BCUT2D eigenvalue weighted by Crippen LogP contribution is -2.40. The van der Waals surface area contributed by atoms with Gasteiger partial charge in [0.1, 0.15) is 16.7 Å². The average Bonchev–Trinajstić information content (AvgIpc) is 3.05. The first kappa shape index (κ1) is 19.5. The second kappa shape index (κ2) is 7.18. The first-order valence-electron chi connectivity index (χ1n) is 7.55. The third kappa shape index (κ3) is 4.05. The van der Waals surface area contributed by atoms with Crippen LogP contribution in [0.1, 0.15) is 19.8 Å². The minimum absolute atomic E-state index is 0.0626. The van der Waals surface area contributed by atoms with E-state index in [1.54, 1.807) is 0 Å². The highest BCUT2D eigenvalue weighted by Crippen LogP contribution is 2.33. The second-order valence-electron chi connectivity index (χ2n) is 5.48. The van der Waals surface area contributed by atoms with E-state index < -0.39 is 32.1 Å². The summed E-state index contributed by atoms with van der Waals surface area (Å²) in [6.07, 6.45) is 0.693. The molecule has 2 rings (SSSR count). The molecule has 0 bridgehead atoms. The number of hydrogen-bond donors (Lipinski definition) is 2. The molecule has 1 aromatic carbocycles. The van der Waals surface area contributed by atoms with E-state index in [0.29, 0.717) is 6.42 Å². The van der Waals surface area contributed by atoms with Crippen LogP contribution in [0.4, 0.5) is 5.69 Å². The number of anilines is 1. The molecule has 0 unspecified atom stereocenters. The summed E-state index contributed by atoms with van der Waals surface area (Å²) in [4.78, 5) is 11.1. The molecule has 0 radical (unpaired) electrons. The summed E-state index contributed by atoms with van der Waals surface area (Å²) in [5, 5.41) is 9.21. The summed E-state index contributed by atoms with van der Waals surface area (Å²) >= 11 is 0.